The second-order valence-electron chi connectivity index (χ2n) is 7.78. The molecule has 0 N–H and O–H groups in total. The molecule has 1 fully saturated rings. The Hall–Kier alpha value is -2.60. The SMILES string of the molecule is CCCc1ccc(C2(C(=O)Oc3ccc(CC)cc3C#N)CCCCC2)cc1. The molecule has 0 amide bonds. The molecule has 0 saturated heterocycles. The third-order valence-electron chi connectivity index (χ3n) is 5.92. The largest absolute Gasteiger partial charge is 0.424 e. The average molecular weight is 376 g/mol. The van der Waals surface area contributed by atoms with Crippen molar-refractivity contribution in [2.45, 2.75) is 70.6 Å². The van der Waals surface area contributed by atoms with E-state index in [1.165, 1.54) is 5.56 Å². The molecule has 0 atom stereocenters. The number of nitrogens with zero attached hydrogens (tertiary/aromatic N) is 1. The molecule has 0 aromatic heterocycles. The molecule has 1 aliphatic carbocycles. The van der Waals surface area contributed by atoms with Crippen LogP contribution in [0.3, 0.4) is 0 Å². The van der Waals surface area contributed by atoms with Crippen LogP contribution >= 0.6 is 0 Å². The summed E-state index contributed by atoms with van der Waals surface area (Å²) in [6.07, 6.45) is 7.79. The van der Waals surface area contributed by atoms with Gasteiger partial charge in [0, 0.05) is 0 Å². The van der Waals surface area contributed by atoms with Gasteiger partial charge in [-0.25, -0.2) is 0 Å². The first-order valence-electron chi connectivity index (χ1n) is 10.5. The van der Waals surface area contributed by atoms with Crippen molar-refractivity contribution >= 4 is 5.97 Å². The summed E-state index contributed by atoms with van der Waals surface area (Å²) < 4.78 is 5.85. The highest BCUT2D eigenvalue weighted by Crippen LogP contribution is 2.41. The van der Waals surface area contributed by atoms with Crippen LogP contribution < -0.4 is 4.74 Å². The molecular weight excluding hydrogens is 346 g/mol. The zero-order chi connectivity index (χ0) is 20.0. The smallest absolute Gasteiger partial charge is 0.321 e. The van der Waals surface area contributed by atoms with Gasteiger partial charge in [0.15, 0.2) is 0 Å². The van der Waals surface area contributed by atoms with E-state index < -0.39 is 5.41 Å². The van der Waals surface area contributed by atoms with E-state index in [-0.39, 0.29) is 5.97 Å². The van der Waals surface area contributed by atoms with Crippen molar-refractivity contribution in [3.63, 3.8) is 0 Å². The second kappa shape index (κ2) is 9.06. The minimum absolute atomic E-state index is 0.226. The maximum atomic E-state index is 13.4. The van der Waals surface area contributed by atoms with Crippen LogP contribution in [0.5, 0.6) is 5.75 Å². The normalized spacial score (nSPS) is 15.6. The first kappa shape index (κ1) is 20.1. The second-order valence-corrected chi connectivity index (χ2v) is 7.78. The number of benzene rings is 2. The van der Waals surface area contributed by atoms with Crippen molar-refractivity contribution in [1.29, 1.82) is 5.26 Å². The van der Waals surface area contributed by atoms with E-state index >= 15 is 0 Å². The number of hydrogen-bond acceptors (Lipinski definition) is 3. The van der Waals surface area contributed by atoms with Crippen molar-refractivity contribution < 1.29 is 9.53 Å². The maximum absolute atomic E-state index is 13.4. The van der Waals surface area contributed by atoms with Gasteiger partial charge >= 0.3 is 5.97 Å². The Balaban J connectivity index is 1.91. The monoisotopic (exact) mass is 375 g/mol. The van der Waals surface area contributed by atoms with Gasteiger partial charge in [-0.15, -0.1) is 0 Å². The Bertz CT molecular complexity index is 855. The van der Waals surface area contributed by atoms with E-state index in [2.05, 4.69) is 37.3 Å². The van der Waals surface area contributed by atoms with E-state index in [1.54, 1.807) is 6.07 Å². The topological polar surface area (TPSA) is 50.1 Å². The van der Waals surface area contributed by atoms with Gasteiger partial charge in [0.25, 0.3) is 0 Å². The number of ether oxygens (including phenoxy) is 1. The lowest BCUT2D eigenvalue weighted by molar-refractivity contribution is -0.142. The van der Waals surface area contributed by atoms with Gasteiger partial charge in [0.05, 0.1) is 11.0 Å². The first-order chi connectivity index (χ1) is 13.6. The molecule has 1 saturated carbocycles. The van der Waals surface area contributed by atoms with Gasteiger partial charge in [-0.1, -0.05) is 69.9 Å². The fraction of sp³-hybridized carbons (Fsp3) is 0.440. The van der Waals surface area contributed by atoms with Crippen LogP contribution in [0, 0.1) is 11.3 Å². The molecule has 1 aliphatic rings. The summed E-state index contributed by atoms with van der Waals surface area (Å²) in [4.78, 5) is 13.4. The summed E-state index contributed by atoms with van der Waals surface area (Å²) in [6, 6.07) is 16.2. The van der Waals surface area contributed by atoms with E-state index in [4.69, 9.17) is 4.74 Å². The molecule has 146 valence electrons. The molecule has 0 unspecified atom stereocenters. The number of rotatable bonds is 6. The third kappa shape index (κ3) is 4.12. The fourth-order valence-corrected chi connectivity index (χ4v) is 4.22. The molecule has 2 aromatic carbocycles. The number of carbonyl (C=O) groups is 1. The van der Waals surface area contributed by atoms with Crippen LogP contribution in [0.4, 0.5) is 0 Å². The highest BCUT2D eigenvalue weighted by atomic mass is 16.5. The summed E-state index contributed by atoms with van der Waals surface area (Å²) in [7, 11) is 0. The number of esters is 1. The van der Waals surface area contributed by atoms with Crippen LogP contribution in [0.25, 0.3) is 0 Å². The fourth-order valence-electron chi connectivity index (χ4n) is 4.22. The maximum Gasteiger partial charge on any atom is 0.321 e. The minimum atomic E-state index is -0.612. The van der Waals surface area contributed by atoms with Crippen LogP contribution in [-0.2, 0) is 23.1 Å². The molecule has 0 heterocycles. The molecule has 0 radical (unpaired) electrons. The van der Waals surface area contributed by atoms with Gasteiger partial charge in [-0.2, -0.15) is 5.26 Å². The molecule has 0 aliphatic heterocycles. The van der Waals surface area contributed by atoms with Crippen LogP contribution in [-0.4, -0.2) is 5.97 Å². The quantitative estimate of drug-likeness (QED) is 0.468. The standard InChI is InChI=1S/C25H29NO2/c1-3-8-20-9-12-22(13-10-20)25(15-6-5-7-16-25)24(27)28-23-14-11-19(4-2)17-21(23)18-26/h9-14,17H,3-8,15-16H2,1-2H3. The number of carbonyl (C=O) groups excluding carboxylic acids is 1. The lowest BCUT2D eigenvalue weighted by atomic mass is 9.69. The van der Waals surface area contributed by atoms with E-state index in [0.717, 1.165) is 62.5 Å². The van der Waals surface area contributed by atoms with Gasteiger partial charge < -0.3 is 4.74 Å². The molecule has 3 nitrogen and oxygen atoms in total. The highest BCUT2D eigenvalue weighted by molar-refractivity contribution is 5.85. The van der Waals surface area contributed by atoms with Crippen LogP contribution in [0.2, 0.25) is 0 Å². The van der Waals surface area contributed by atoms with Gasteiger partial charge in [-0.05, 0) is 54.5 Å². The lowest BCUT2D eigenvalue weighted by Gasteiger charge is -2.35. The number of hydrogen-bond donors (Lipinski definition) is 0. The Labute approximate surface area is 168 Å². The Kier molecular flexibility index (Phi) is 6.52. The predicted octanol–water partition coefficient (Wildman–Crippen LogP) is 5.88. The molecule has 2 aromatic rings. The summed E-state index contributed by atoms with van der Waals surface area (Å²) in [5.41, 5.74) is 3.22. The lowest BCUT2D eigenvalue weighted by Crippen LogP contribution is -2.41. The number of nitriles is 1. The molecular formula is C25H29NO2. The van der Waals surface area contributed by atoms with Gasteiger partial charge in [0.2, 0.25) is 0 Å². The zero-order valence-corrected chi connectivity index (χ0v) is 17.0. The van der Waals surface area contributed by atoms with Crippen molar-refractivity contribution in [2.75, 3.05) is 0 Å². The van der Waals surface area contributed by atoms with Crippen molar-refractivity contribution in [3.05, 3.63) is 64.7 Å². The Morgan fingerprint density at radius 1 is 1.04 bits per heavy atom. The predicted molar refractivity (Wildman–Crippen MR) is 111 cm³/mol. The summed E-state index contributed by atoms with van der Waals surface area (Å²) in [6.45, 7) is 4.21. The van der Waals surface area contributed by atoms with Crippen molar-refractivity contribution in [3.8, 4) is 11.8 Å². The Morgan fingerprint density at radius 3 is 2.32 bits per heavy atom. The van der Waals surface area contributed by atoms with Gasteiger partial charge in [-0.3, -0.25) is 4.79 Å². The number of aryl methyl sites for hydroxylation is 2. The molecule has 3 heteroatoms. The van der Waals surface area contributed by atoms with Crippen LogP contribution in [0.15, 0.2) is 42.5 Å². The molecule has 0 spiro atoms. The van der Waals surface area contributed by atoms with E-state index in [9.17, 15) is 10.1 Å². The minimum Gasteiger partial charge on any atom is -0.424 e. The third-order valence-corrected chi connectivity index (χ3v) is 5.92. The van der Waals surface area contributed by atoms with E-state index in [0.29, 0.717) is 11.3 Å². The van der Waals surface area contributed by atoms with Crippen LogP contribution in [0.1, 0.15) is 74.6 Å². The summed E-state index contributed by atoms with van der Waals surface area (Å²) >= 11 is 0. The molecule has 0 bridgehead atoms. The van der Waals surface area contributed by atoms with Gasteiger partial charge in [0.1, 0.15) is 11.8 Å². The summed E-state index contributed by atoms with van der Waals surface area (Å²) in [5, 5.41) is 9.48. The van der Waals surface area contributed by atoms with E-state index in [1.807, 2.05) is 19.1 Å². The van der Waals surface area contributed by atoms with Crippen molar-refractivity contribution in [1.82, 2.24) is 0 Å². The van der Waals surface area contributed by atoms with Crippen molar-refractivity contribution in [2.24, 2.45) is 0 Å². The average Bonchev–Trinajstić information content (AvgIpc) is 2.75. The summed E-state index contributed by atoms with van der Waals surface area (Å²) in [5.74, 6) is 0.147. The zero-order valence-electron chi connectivity index (χ0n) is 17.0. The molecule has 28 heavy (non-hydrogen) atoms. The Morgan fingerprint density at radius 2 is 1.71 bits per heavy atom. The highest BCUT2D eigenvalue weighted by Gasteiger charge is 2.43. The first-order valence-corrected chi connectivity index (χ1v) is 10.5. The molecule has 3 rings (SSSR count).